The van der Waals surface area contributed by atoms with Crippen LogP contribution in [0.4, 0.5) is 0 Å². The van der Waals surface area contributed by atoms with Gasteiger partial charge in [-0.05, 0) is 46.7 Å². The Morgan fingerprint density at radius 3 is 3.05 bits per heavy atom. The molecule has 0 amide bonds. The number of rotatable bonds is 5. The van der Waals surface area contributed by atoms with Crippen molar-refractivity contribution in [1.29, 1.82) is 0 Å². The molecule has 1 aromatic carbocycles. The van der Waals surface area contributed by atoms with E-state index < -0.39 is 0 Å². The number of halogens is 1. The van der Waals surface area contributed by atoms with Gasteiger partial charge in [-0.25, -0.2) is 0 Å². The number of fused-ring (bicyclic) bond motifs is 1. The molecule has 0 fully saturated rings. The lowest BCUT2D eigenvalue weighted by atomic mass is 10.1. The van der Waals surface area contributed by atoms with E-state index in [-0.39, 0.29) is 6.04 Å². The zero-order chi connectivity index (χ0) is 14.7. The number of benzene rings is 1. The molecule has 110 valence electrons. The second kappa shape index (κ2) is 6.45. The summed E-state index contributed by atoms with van der Waals surface area (Å²) < 4.78 is 12.4. The Morgan fingerprint density at radius 1 is 1.38 bits per heavy atom. The maximum Gasteiger partial charge on any atom is 0.130 e. The summed E-state index contributed by atoms with van der Waals surface area (Å²) in [5.41, 5.74) is 2.09. The minimum absolute atomic E-state index is 0.284. The molecule has 0 radical (unpaired) electrons. The zero-order valence-electron chi connectivity index (χ0n) is 11.8. The van der Waals surface area contributed by atoms with Gasteiger partial charge >= 0.3 is 0 Å². The minimum atomic E-state index is 0.284. The molecule has 1 aromatic heterocycles. The largest absolute Gasteiger partial charge is 0.491 e. The topological polar surface area (TPSA) is 43.4 Å². The lowest BCUT2D eigenvalue weighted by Crippen LogP contribution is -2.21. The quantitative estimate of drug-likeness (QED) is 0.898. The van der Waals surface area contributed by atoms with Crippen molar-refractivity contribution < 1.29 is 9.47 Å². The average Bonchev–Trinajstić information content (AvgIpc) is 2.90. The molecule has 0 saturated carbocycles. The molecule has 0 bridgehead atoms. The van der Waals surface area contributed by atoms with Gasteiger partial charge in [-0.2, -0.15) is 0 Å². The number of likely N-dealkylation sites (N-methyl/N-ethyl adjacent to an activating group) is 1. The highest BCUT2D eigenvalue weighted by molar-refractivity contribution is 9.10. The van der Waals surface area contributed by atoms with Gasteiger partial charge in [0, 0.05) is 22.3 Å². The highest BCUT2D eigenvalue weighted by Gasteiger charge is 2.23. The second-order valence-electron chi connectivity index (χ2n) is 4.88. The fourth-order valence-corrected chi connectivity index (χ4v) is 2.58. The van der Waals surface area contributed by atoms with Gasteiger partial charge in [0.15, 0.2) is 0 Å². The molecular weight excluding hydrogens is 332 g/mol. The molecule has 4 nitrogen and oxygen atoms in total. The third kappa shape index (κ3) is 3.36. The van der Waals surface area contributed by atoms with Crippen molar-refractivity contribution in [2.45, 2.75) is 19.6 Å². The second-order valence-corrected chi connectivity index (χ2v) is 5.79. The first-order chi connectivity index (χ1) is 10.3. The van der Waals surface area contributed by atoms with E-state index in [1.165, 1.54) is 5.56 Å². The third-order valence-electron chi connectivity index (χ3n) is 3.39. The summed E-state index contributed by atoms with van der Waals surface area (Å²) in [5, 5.41) is 3.40. The highest BCUT2D eigenvalue weighted by Crippen LogP contribution is 2.35. The number of ether oxygens (including phenoxy) is 2. The smallest absolute Gasteiger partial charge is 0.130 e. The number of hydrogen-bond acceptors (Lipinski definition) is 4. The van der Waals surface area contributed by atoms with Crippen LogP contribution in [-0.4, -0.2) is 18.1 Å². The standard InChI is InChI=1S/C16H17BrN2O2/c1-2-18-15-10-21-16-7-13(5-6-14(15)16)20-9-12-4-3-11(17)8-19-12/h3-8,15,18H,2,9-10H2,1H3. The van der Waals surface area contributed by atoms with Gasteiger partial charge in [-0.3, -0.25) is 4.98 Å². The molecule has 1 atom stereocenters. The van der Waals surface area contributed by atoms with Crippen molar-refractivity contribution in [2.24, 2.45) is 0 Å². The van der Waals surface area contributed by atoms with Crippen molar-refractivity contribution in [3.05, 3.63) is 52.3 Å². The van der Waals surface area contributed by atoms with Gasteiger partial charge in [-0.15, -0.1) is 0 Å². The summed E-state index contributed by atoms with van der Waals surface area (Å²) in [5.74, 6) is 1.71. The first-order valence-electron chi connectivity index (χ1n) is 6.99. The molecule has 0 spiro atoms. The maximum atomic E-state index is 5.77. The Balaban J connectivity index is 1.66. The SMILES string of the molecule is CCNC1COc2cc(OCc3ccc(Br)cn3)ccc21. The van der Waals surface area contributed by atoms with Gasteiger partial charge in [-0.1, -0.05) is 6.92 Å². The molecule has 0 saturated heterocycles. The van der Waals surface area contributed by atoms with Crippen LogP contribution in [0, 0.1) is 0 Å². The summed E-state index contributed by atoms with van der Waals surface area (Å²) in [6, 6.07) is 10.2. The first kappa shape index (κ1) is 14.4. The van der Waals surface area contributed by atoms with Crippen LogP contribution in [0.1, 0.15) is 24.2 Å². The molecule has 1 unspecified atom stereocenters. The van der Waals surface area contributed by atoms with Crippen molar-refractivity contribution in [3.8, 4) is 11.5 Å². The average molecular weight is 349 g/mol. The number of aromatic nitrogens is 1. The van der Waals surface area contributed by atoms with E-state index in [0.29, 0.717) is 13.2 Å². The first-order valence-corrected chi connectivity index (χ1v) is 7.79. The predicted molar refractivity (Wildman–Crippen MR) is 84.6 cm³/mol. The molecular formula is C16H17BrN2O2. The summed E-state index contributed by atoms with van der Waals surface area (Å²) in [6.45, 7) is 4.16. The van der Waals surface area contributed by atoms with E-state index in [2.05, 4.69) is 39.2 Å². The van der Waals surface area contributed by atoms with E-state index >= 15 is 0 Å². The van der Waals surface area contributed by atoms with Crippen LogP contribution in [0.5, 0.6) is 11.5 Å². The van der Waals surface area contributed by atoms with Gasteiger partial charge in [0.2, 0.25) is 0 Å². The lowest BCUT2D eigenvalue weighted by molar-refractivity contribution is 0.294. The molecule has 1 aliphatic heterocycles. The summed E-state index contributed by atoms with van der Waals surface area (Å²) in [7, 11) is 0. The van der Waals surface area contributed by atoms with Gasteiger partial charge in [0.1, 0.15) is 24.7 Å². The summed E-state index contributed by atoms with van der Waals surface area (Å²) in [4.78, 5) is 4.29. The van der Waals surface area contributed by atoms with Crippen molar-refractivity contribution in [3.63, 3.8) is 0 Å². The van der Waals surface area contributed by atoms with Crippen LogP contribution in [0.15, 0.2) is 41.0 Å². The molecule has 1 aliphatic rings. The Bertz CT molecular complexity index is 616. The van der Waals surface area contributed by atoms with Crippen molar-refractivity contribution in [2.75, 3.05) is 13.2 Å². The van der Waals surface area contributed by atoms with Crippen molar-refractivity contribution in [1.82, 2.24) is 10.3 Å². The summed E-state index contributed by atoms with van der Waals surface area (Å²) in [6.07, 6.45) is 1.77. The number of nitrogens with one attached hydrogen (secondary N) is 1. The highest BCUT2D eigenvalue weighted by atomic mass is 79.9. The Hall–Kier alpha value is -1.59. The molecule has 0 aliphatic carbocycles. The fourth-order valence-electron chi connectivity index (χ4n) is 2.34. The lowest BCUT2D eigenvalue weighted by Gasteiger charge is -2.10. The molecule has 2 aromatic rings. The predicted octanol–water partition coefficient (Wildman–Crippen LogP) is 3.47. The summed E-state index contributed by atoms with van der Waals surface area (Å²) >= 11 is 3.37. The number of pyridine rings is 1. The maximum absolute atomic E-state index is 5.77. The van der Waals surface area contributed by atoms with E-state index in [9.17, 15) is 0 Å². The van der Waals surface area contributed by atoms with Gasteiger partial charge < -0.3 is 14.8 Å². The van der Waals surface area contributed by atoms with E-state index in [1.807, 2.05) is 24.3 Å². The Kier molecular flexibility index (Phi) is 4.41. The van der Waals surface area contributed by atoms with E-state index in [0.717, 1.165) is 28.2 Å². The normalized spacial score (nSPS) is 16.4. The number of hydrogen-bond donors (Lipinski definition) is 1. The minimum Gasteiger partial charge on any atom is -0.491 e. The van der Waals surface area contributed by atoms with Crippen LogP contribution >= 0.6 is 15.9 Å². The molecule has 1 N–H and O–H groups in total. The monoisotopic (exact) mass is 348 g/mol. The van der Waals surface area contributed by atoms with Gasteiger partial charge in [0.05, 0.1) is 11.7 Å². The van der Waals surface area contributed by atoms with Crippen LogP contribution in [0.2, 0.25) is 0 Å². The van der Waals surface area contributed by atoms with Gasteiger partial charge in [0.25, 0.3) is 0 Å². The zero-order valence-corrected chi connectivity index (χ0v) is 13.4. The Labute approximate surface area is 132 Å². The van der Waals surface area contributed by atoms with E-state index in [4.69, 9.17) is 9.47 Å². The van der Waals surface area contributed by atoms with Crippen LogP contribution in [0.3, 0.4) is 0 Å². The molecule has 21 heavy (non-hydrogen) atoms. The van der Waals surface area contributed by atoms with Crippen molar-refractivity contribution >= 4 is 15.9 Å². The van der Waals surface area contributed by atoms with Crippen LogP contribution in [0.25, 0.3) is 0 Å². The fraction of sp³-hybridized carbons (Fsp3) is 0.312. The molecule has 5 heteroatoms. The van der Waals surface area contributed by atoms with Crippen LogP contribution in [-0.2, 0) is 6.61 Å². The number of nitrogens with zero attached hydrogens (tertiary/aromatic N) is 1. The molecule has 2 heterocycles. The van der Waals surface area contributed by atoms with Crippen LogP contribution < -0.4 is 14.8 Å². The third-order valence-corrected chi connectivity index (χ3v) is 3.86. The Morgan fingerprint density at radius 2 is 2.29 bits per heavy atom. The molecule has 3 rings (SSSR count). The van der Waals surface area contributed by atoms with E-state index in [1.54, 1.807) is 6.20 Å².